The minimum atomic E-state index is -1.14. The molecule has 0 aliphatic rings. The van der Waals surface area contributed by atoms with Crippen molar-refractivity contribution >= 4 is 36.3 Å². The number of hydrogen-bond acceptors (Lipinski definition) is 6. The highest BCUT2D eigenvalue weighted by molar-refractivity contribution is 7.80. The maximum absolute atomic E-state index is 12.8. The van der Waals surface area contributed by atoms with Crippen molar-refractivity contribution in [3.8, 4) is 0 Å². The number of aliphatic carboxylic acids is 1. The Morgan fingerprint density at radius 1 is 1.00 bits per heavy atom. The molecule has 1 aromatic carbocycles. The van der Waals surface area contributed by atoms with Crippen LogP contribution in [-0.4, -0.2) is 58.7 Å². The van der Waals surface area contributed by atoms with Gasteiger partial charge < -0.3 is 26.8 Å². The SMILES string of the molecule is CCC(C)C(NC(=O)C(C)NC(=O)C(Cc1ccccc1)NC(=O)C(N)CS)C(=O)O. The highest BCUT2D eigenvalue weighted by atomic mass is 32.1. The Balaban J connectivity index is 2.88. The van der Waals surface area contributed by atoms with E-state index in [1.54, 1.807) is 6.92 Å². The van der Waals surface area contributed by atoms with Gasteiger partial charge in [-0.3, -0.25) is 14.4 Å². The van der Waals surface area contributed by atoms with Crippen LogP contribution >= 0.6 is 12.6 Å². The highest BCUT2D eigenvalue weighted by Crippen LogP contribution is 2.09. The monoisotopic (exact) mass is 452 g/mol. The van der Waals surface area contributed by atoms with E-state index >= 15 is 0 Å². The fourth-order valence-electron chi connectivity index (χ4n) is 2.76. The predicted octanol–water partition coefficient (Wildman–Crippen LogP) is 0.0912. The third-order valence-electron chi connectivity index (χ3n) is 4.98. The molecule has 172 valence electrons. The zero-order valence-corrected chi connectivity index (χ0v) is 18.9. The molecule has 0 saturated heterocycles. The second-order valence-corrected chi connectivity index (χ2v) is 7.85. The van der Waals surface area contributed by atoms with Crippen LogP contribution in [0.1, 0.15) is 32.8 Å². The number of carbonyl (C=O) groups excluding carboxylic acids is 3. The van der Waals surface area contributed by atoms with Crippen LogP contribution in [0.15, 0.2) is 30.3 Å². The number of thiol groups is 1. The predicted molar refractivity (Wildman–Crippen MR) is 121 cm³/mol. The molecule has 0 spiro atoms. The Kier molecular flexibility index (Phi) is 11.1. The molecule has 1 aromatic rings. The molecule has 5 atom stereocenters. The van der Waals surface area contributed by atoms with Gasteiger partial charge in [0.2, 0.25) is 17.7 Å². The lowest BCUT2D eigenvalue weighted by Crippen LogP contribution is -2.57. The molecule has 3 amide bonds. The molecule has 0 aliphatic heterocycles. The van der Waals surface area contributed by atoms with Gasteiger partial charge in [0.15, 0.2) is 0 Å². The summed E-state index contributed by atoms with van der Waals surface area (Å²) in [4.78, 5) is 49.0. The minimum Gasteiger partial charge on any atom is -0.480 e. The quantitative estimate of drug-likeness (QED) is 0.247. The second kappa shape index (κ2) is 13.0. The first-order chi connectivity index (χ1) is 14.6. The third kappa shape index (κ3) is 8.58. The van der Waals surface area contributed by atoms with E-state index in [2.05, 4.69) is 28.6 Å². The van der Waals surface area contributed by atoms with Crippen LogP contribution in [0.4, 0.5) is 0 Å². The van der Waals surface area contributed by atoms with Gasteiger partial charge in [0.25, 0.3) is 0 Å². The molecule has 6 N–H and O–H groups in total. The van der Waals surface area contributed by atoms with Crippen molar-refractivity contribution < 1.29 is 24.3 Å². The molecule has 9 nitrogen and oxygen atoms in total. The molecule has 0 bridgehead atoms. The Morgan fingerprint density at radius 3 is 2.13 bits per heavy atom. The molecule has 0 aromatic heterocycles. The molecule has 0 radical (unpaired) electrons. The lowest BCUT2D eigenvalue weighted by molar-refractivity contribution is -0.143. The normalized spacial score (nSPS) is 15.6. The van der Waals surface area contributed by atoms with Gasteiger partial charge in [-0.15, -0.1) is 0 Å². The summed E-state index contributed by atoms with van der Waals surface area (Å²) in [5.74, 6) is -3.06. The van der Waals surface area contributed by atoms with Crippen LogP contribution in [0.2, 0.25) is 0 Å². The van der Waals surface area contributed by atoms with E-state index < -0.39 is 47.9 Å². The number of carbonyl (C=O) groups is 4. The number of nitrogens with two attached hydrogens (primary N) is 1. The first-order valence-corrected chi connectivity index (χ1v) is 10.8. The molecule has 0 heterocycles. The lowest BCUT2D eigenvalue weighted by Gasteiger charge is -2.25. The number of nitrogens with one attached hydrogen (secondary N) is 3. The maximum atomic E-state index is 12.8. The molecular weight excluding hydrogens is 420 g/mol. The Labute approximate surface area is 187 Å². The molecule has 0 aliphatic carbocycles. The van der Waals surface area contributed by atoms with Crippen molar-refractivity contribution in [2.24, 2.45) is 11.7 Å². The van der Waals surface area contributed by atoms with Crippen molar-refractivity contribution in [1.82, 2.24) is 16.0 Å². The molecule has 10 heteroatoms. The number of carboxylic acid groups (broad SMARTS) is 1. The number of carboxylic acids is 1. The first kappa shape index (κ1) is 26.4. The van der Waals surface area contributed by atoms with Crippen LogP contribution in [0, 0.1) is 5.92 Å². The van der Waals surface area contributed by atoms with Gasteiger partial charge in [-0.1, -0.05) is 50.6 Å². The minimum absolute atomic E-state index is 0.108. The number of benzene rings is 1. The summed E-state index contributed by atoms with van der Waals surface area (Å²) >= 11 is 4.00. The molecule has 0 fully saturated rings. The van der Waals surface area contributed by atoms with Crippen LogP contribution in [0.3, 0.4) is 0 Å². The molecule has 5 unspecified atom stereocenters. The average molecular weight is 453 g/mol. The molecular formula is C21H32N4O5S. The summed E-state index contributed by atoms with van der Waals surface area (Å²) in [6, 6.07) is 5.14. The van der Waals surface area contributed by atoms with Crippen molar-refractivity contribution in [3.63, 3.8) is 0 Å². The summed E-state index contributed by atoms with van der Waals surface area (Å²) in [6.07, 6.45) is 0.755. The van der Waals surface area contributed by atoms with Crippen LogP contribution in [0.5, 0.6) is 0 Å². The van der Waals surface area contributed by atoms with Gasteiger partial charge in [-0.2, -0.15) is 12.6 Å². The van der Waals surface area contributed by atoms with Crippen molar-refractivity contribution in [3.05, 3.63) is 35.9 Å². The van der Waals surface area contributed by atoms with Crippen LogP contribution in [0.25, 0.3) is 0 Å². The van der Waals surface area contributed by atoms with Gasteiger partial charge in [0.1, 0.15) is 18.1 Å². The van der Waals surface area contributed by atoms with Gasteiger partial charge in [0.05, 0.1) is 6.04 Å². The first-order valence-electron chi connectivity index (χ1n) is 10.1. The van der Waals surface area contributed by atoms with Gasteiger partial charge in [-0.05, 0) is 18.4 Å². The van der Waals surface area contributed by atoms with Gasteiger partial charge >= 0.3 is 5.97 Å². The summed E-state index contributed by atoms with van der Waals surface area (Å²) in [5, 5.41) is 16.9. The van der Waals surface area contributed by atoms with E-state index in [-0.39, 0.29) is 18.1 Å². The van der Waals surface area contributed by atoms with Crippen molar-refractivity contribution in [2.75, 3.05) is 5.75 Å². The fraction of sp³-hybridized carbons (Fsp3) is 0.524. The van der Waals surface area contributed by atoms with Gasteiger partial charge in [0, 0.05) is 12.2 Å². The van der Waals surface area contributed by atoms with Gasteiger partial charge in [-0.25, -0.2) is 4.79 Å². The van der Waals surface area contributed by atoms with Crippen LogP contribution in [-0.2, 0) is 25.6 Å². The smallest absolute Gasteiger partial charge is 0.326 e. The Hall–Kier alpha value is -2.59. The standard InChI is InChI=1S/C21H32N4O5S/c1-4-12(2)17(21(29)30)25-18(26)13(3)23-20(28)16(24-19(27)15(22)11-31)10-14-8-6-5-7-9-14/h5-9,12-13,15-17,31H,4,10-11,22H2,1-3H3,(H,23,28)(H,24,27)(H,25,26)(H,29,30). The number of amides is 3. The summed E-state index contributed by atoms with van der Waals surface area (Å²) in [7, 11) is 0. The topological polar surface area (TPSA) is 151 Å². The zero-order chi connectivity index (χ0) is 23.6. The second-order valence-electron chi connectivity index (χ2n) is 7.48. The van der Waals surface area contributed by atoms with Crippen molar-refractivity contribution in [2.45, 2.75) is 57.8 Å². The highest BCUT2D eigenvalue weighted by Gasteiger charge is 2.30. The average Bonchev–Trinajstić information content (AvgIpc) is 2.75. The van der Waals surface area contributed by atoms with E-state index in [9.17, 15) is 24.3 Å². The third-order valence-corrected chi connectivity index (χ3v) is 5.37. The Morgan fingerprint density at radius 2 is 1.61 bits per heavy atom. The van der Waals surface area contributed by atoms with Crippen molar-refractivity contribution in [1.29, 1.82) is 0 Å². The maximum Gasteiger partial charge on any atom is 0.326 e. The Bertz CT molecular complexity index is 761. The van der Waals surface area contributed by atoms with E-state index in [0.717, 1.165) is 5.56 Å². The summed E-state index contributed by atoms with van der Waals surface area (Å²) in [5.41, 5.74) is 6.50. The summed E-state index contributed by atoms with van der Waals surface area (Å²) < 4.78 is 0. The van der Waals surface area contributed by atoms with Crippen LogP contribution < -0.4 is 21.7 Å². The van der Waals surface area contributed by atoms with E-state index in [1.807, 2.05) is 37.3 Å². The van der Waals surface area contributed by atoms with E-state index in [1.165, 1.54) is 6.92 Å². The fourth-order valence-corrected chi connectivity index (χ4v) is 2.93. The molecule has 31 heavy (non-hydrogen) atoms. The van der Waals surface area contributed by atoms with E-state index in [4.69, 9.17) is 5.73 Å². The number of rotatable bonds is 12. The van der Waals surface area contributed by atoms with E-state index in [0.29, 0.717) is 6.42 Å². The zero-order valence-electron chi connectivity index (χ0n) is 18.0. The molecule has 1 rings (SSSR count). The summed E-state index contributed by atoms with van der Waals surface area (Å²) in [6.45, 7) is 4.99. The number of hydrogen-bond donors (Lipinski definition) is 6. The molecule has 0 saturated carbocycles. The lowest BCUT2D eigenvalue weighted by atomic mass is 9.99. The largest absolute Gasteiger partial charge is 0.480 e.